The van der Waals surface area contributed by atoms with Crippen molar-refractivity contribution in [1.29, 1.82) is 0 Å². The third-order valence-corrected chi connectivity index (χ3v) is 3.00. The first-order valence-corrected chi connectivity index (χ1v) is 7.38. The van der Waals surface area contributed by atoms with E-state index in [9.17, 15) is 9.90 Å². The SMILES string of the molecule is CCOc1ccccc1C=CC(=O)NCC(C)CC(C)O. The van der Waals surface area contributed by atoms with Crippen molar-refractivity contribution in [3.63, 3.8) is 0 Å². The van der Waals surface area contributed by atoms with E-state index in [1.54, 1.807) is 13.0 Å². The van der Waals surface area contributed by atoms with Gasteiger partial charge in [-0.15, -0.1) is 0 Å². The van der Waals surface area contributed by atoms with Crippen molar-refractivity contribution >= 4 is 12.0 Å². The zero-order valence-electron chi connectivity index (χ0n) is 13.0. The number of carbonyl (C=O) groups excluding carboxylic acids is 1. The lowest BCUT2D eigenvalue weighted by atomic mass is 10.0. The molecule has 116 valence electrons. The molecule has 2 N–H and O–H groups in total. The van der Waals surface area contributed by atoms with Gasteiger partial charge in [-0.05, 0) is 38.3 Å². The number of rotatable bonds is 8. The number of amides is 1. The van der Waals surface area contributed by atoms with Crippen molar-refractivity contribution in [2.24, 2.45) is 5.92 Å². The van der Waals surface area contributed by atoms with Crippen molar-refractivity contribution in [2.75, 3.05) is 13.2 Å². The average molecular weight is 291 g/mol. The Bertz CT molecular complexity index is 469. The van der Waals surface area contributed by atoms with E-state index in [0.717, 1.165) is 11.3 Å². The summed E-state index contributed by atoms with van der Waals surface area (Å²) in [6.07, 6.45) is 3.59. The number of ether oxygens (including phenoxy) is 1. The molecule has 2 atom stereocenters. The zero-order valence-corrected chi connectivity index (χ0v) is 13.0. The first-order chi connectivity index (χ1) is 10.0. The second kappa shape index (κ2) is 9.19. The molecule has 1 rings (SSSR count). The molecule has 0 aromatic heterocycles. The van der Waals surface area contributed by atoms with Gasteiger partial charge in [0.25, 0.3) is 0 Å². The molecular weight excluding hydrogens is 266 g/mol. The monoisotopic (exact) mass is 291 g/mol. The fourth-order valence-corrected chi connectivity index (χ4v) is 2.07. The minimum Gasteiger partial charge on any atom is -0.493 e. The van der Waals surface area contributed by atoms with Crippen LogP contribution in [0.15, 0.2) is 30.3 Å². The highest BCUT2D eigenvalue weighted by Gasteiger charge is 2.07. The van der Waals surface area contributed by atoms with Gasteiger partial charge in [0.2, 0.25) is 5.91 Å². The Morgan fingerprint density at radius 2 is 2.10 bits per heavy atom. The summed E-state index contributed by atoms with van der Waals surface area (Å²) in [5.41, 5.74) is 0.881. The Balaban J connectivity index is 2.51. The van der Waals surface area contributed by atoms with Gasteiger partial charge < -0.3 is 15.2 Å². The van der Waals surface area contributed by atoms with Crippen LogP contribution in [0.1, 0.15) is 32.8 Å². The molecule has 1 aromatic rings. The number of aliphatic hydroxyl groups is 1. The van der Waals surface area contributed by atoms with Gasteiger partial charge in [-0.3, -0.25) is 4.79 Å². The zero-order chi connectivity index (χ0) is 15.7. The lowest BCUT2D eigenvalue weighted by Gasteiger charge is -2.13. The van der Waals surface area contributed by atoms with Crippen molar-refractivity contribution in [3.05, 3.63) is 35.9 Å². The maximum absolute atomic E-state index is 11.8. The molecule has 1 aromatic carbocycles. The molecule has 0 radical (unpaired) electrons. The van der Waals surface area contributed by atoms with Crippen LogP contribution in [0.25, 0.3) is 6.08 Å². The van der Waals surface area contributed by atoms with Crippen LogP contribution >= 0.6 is 0 Å². The summed E-state index contributed by atoms with van der Waals surface area (Å²) in [4.78, 5) is 11.8. The molecule has 0 aliphatic rings. The molecule has 21 heavy (non-hydrogen) atoms. The van der Waals surface area contributed by atoms with E-state index in [0.29, 0.717) is 19.6 Å². The van der Waals surface area contributed by atoms with Crippen LogP contribution in [0.5, 0.6) is 5.75 Å². The number of para-hydroxylation sites is 1. The molecule has 0 heterocycles. The predicted molar refractivity (Wildman–Crippen MR) is 85.1 cm³/mol. The lowest BCUT2D eigenvalue weighted by molar-refractivity contribution is -0.116. The molecule has 0 spiro atoms. The first-order valence-electron chi connectivity index (χ1n) is 7.38. The molecule has 1 amide bonds. The van der Waals surface area contributed by atoms with E-state index in [-0.39, 0.29) is 17.9 Å². The maximum Gasteiger partial charge on any atom is 0.244 e. The highest BCUT2D eigenvalue weighted by molar-refractivity contribution is 5.92. The summed E-state index contributed by atoms with van der Waals surface area (Å²) in [6, 6.07) is 7.60. The lowest BCUT2D eigenvalue weighted by Crippen LogP contribution is -2.27. The van der Waals surface area contributed by atoms with Crippen LogP contribution in [0.4, 0.5) is 0 Å². The third-order valence-electron chi connectivity index (χ3n) is 3.00. The Labute approximate surface area is 126 Å². The number of benzene rings is 1. The largest absolute Gasteiger partial charge is 0.493 e. The number of carbonyl (C=O) groups is 1. The molecular formula is C17H25NO3. The van der Waals surface area contributed by atoms with Crippen molar-refractivity contribution < 1.29 is 14.6 Å². The Hall–Kier alpha value is -1.81. The summed E-state index contributed by atoms with van der Waals surface area (Å²) >= 11 is 0. The van der Waals surface area contributed by atoms with Gasteiger partial charge in [0.05, 0.1) is 12.7 Å². The van der Waals surface area contributed by atoms with Gasteiger partial charge in [-0.2, -0.15) is 0 Å². The van der Waals surface area contributed by atoms with Gasteiger partial charge >= 0.3 is 0 Å². The van der Waals surface area contributed by atoms with Crippen molar-refractivity contribution in [3.8, 4) is 5.75 Å². The van der Waals surface area contributed by atoms with E-state index in [2.05, 4.69) is 5.32 Å². The van der Waals surface area contributed by atoms with Crippen LogP contribution in [0, 0.1) is 5.92 Å². The molecule has 0 saturated carbocycles. The number of nitrogens with one attached hydrogen (secondary N) is 1. The second-order valence-electron chi connectivity index (χ2n) is 5.24. The number of hydrogen-bond donors (Lipinski definition) is 2. The van der Waals surface area contributed by atoms with E-state index < -0.39 is 0 Å². The fraction of sp³-hybridized carbons (Fsp3) is 0.471. The summed E-state index contributed by atoms with van der Waals surface area (Å²) < 4.78 is 5.50. The number of hydrogen-bond acceptors (Lipinski definition) is 3. The maximum atomic E-state index is 11.8. The van der Waals surface area contributed by atoms with Gasteiger partial charge in [-0.1, -0.05) is 25.1 Å². The molecule has 0 fully saturated rings. The Morgan fingerprint density at radius 3 is 2.76 bits per heavy atom. The Morgan fingerprint density at radius 1 is 1.38 bits per heavy atom. The number of aliphatic hydroxyl groups excluding tert-OH is 1. The minimum absolute atomic E-state index is 0.140. The van der Waals surface area contributed by atoms with E-state index in [4.69, 9.17) is 4.74 Å². The molecule has 0 bridgehead atoms. The minimum atomic E-state index is -0.342. The quantitative estimate of drug-likeness (QED) is 0.724. The summed E-state index contributed by atoms with van der Waals surface area (Å²) in [5.74, 6) is 0.878. The van der Waals surface area contributed by atoms with Gasteiger partial charge in [0.15, 0.2) is 0 Å². The predicted octanol–water partition coefficient (Wildman–Crippen LogP) is 2.62. The van der Waals surface area contributed by atoms with Gasteiger partial charge in [0.1, 0.15) is 5.75 Å². The summed E-state index contributed by atoms with van der Waals surface area (Å²) in [6.45, 7) is 6.83. The highest BCUT2D eigenvalue weighted by atomic mass is 16.5. The van der Waals surface area contributed by atoms with Gasteiger partial charge in [0, 0.05) is 18.2 Å². The van der Waals surface area contributed by atoms with Gasteiger partial charge in [-0.25, -0.2) is 0 Å². The Kier molecular flexibility index (Phi) is 7.54. The summed E-state index contributed by atoms with van der Waals surface area (Å²) in [7, 11) is 0. The van der Waals surface area contributed by atoms with Crippen LogP contribution in [-0.2, 0) is 4.79 Å². The van der Waals surface area contributed by atoms with Crippen molar-refractivity contribution in [2.45, 2.75) is 33.3 Å². The molecule has 0 aliphatic carbocycles. The molecule has 0 saturated heterocycles. The topological polar surface area (TPSA) is 58.6 Å². The van der Waals surface area contributed by atoms with E-state index in [1.807, 2.05) is 38.1 Å². The molecule has 2 unspecified atom stereocenters. The summed E-state index contributed by atoms with van der Waals surface area (Å²) in [5, 5.41) is 12.1. The van der Waals surface area contributed by atoms with Crippen LogP contribution in [0.3, 0.4) is 0 Å². The highest BCUT2D eigenvalue weighted by Crippen LogP contribution is 2.19. The van der Waals surface area contributed by atoms with E-state index in [1.165, 1.54) is 6.08 Å². The third kappa shape index (κ3) is 6.95. The standard InChI is InChI=1S/C17H25NO3/c1-4-21-16-8-6-5-7-15(16)9-10-17(20)18-12-13(2)11-14(3)19/h5-10,13-14,19H,4,11-12H2,1-3H3,(H,18,20). The normalized spacial score (nSPS) is 13.9. The van der Waals surface area contributed by atoms with Crippen LogP contribution < -0.4 is 10.1 Å². The second-order valence-corrected chi connectivity index (χ2v) is 5.24. The molecule has 0 aliphatic heterocycles. The van der Waals surface area contributed by atoms with Crippen LogP contribution in [-0.4, -0.2) is 30.3 Å². The fourth-order valence-electron chi connectivity index (χ4n) is 2.07. The average Bonchev–Trinajstić information content (AvgIpc) is 2.44. The van der Waals surface area contributed by atoms with E-state index >= 15 is 0 Å². The first kappa shape index (κ1) is 17.2. The van der Waals surface area contributed by atoms with Crippen LogP contribution in [0.2, 0.25) is 0 Å². The van der Waals surface area contributed by atoms with Crippen molar-refractivity contribution in [1.82, 2.24) is 5.32 Å². The molecule has 4 nitrogen and oxygen atoms in total. The smallest absolute Gasteiger partial charge is 0.244 e. The molecule has 4 heteroatoms.